The molecule has 6 fully saturated rings. The Bertz CT molecular complexity index is 1900. The number of fused-ring (bicyclic) bond motifs is 1. The Morgan fingerprint density at radius 1 is 1.09 bits per heavy atom. The highest BCUT2D eigenvalue weighted by molar-refractivity contribution is 8.76. The van der Waals surface area contributed by atoms with Gasteiger partial charge in [-0.25, -0.2) is 4.79 Å². The van der Waals surface area contributed by atoms with E-state index in [1.54, 1.807) is 10.8 Å². The van der Waals surface area contributed by atoms with E-state index in [4.69, 9.17) is 18.9 Å². The number of hydrazine groups is 1. The molecule has 2 saturated carbocycles. The molecule has 2 aromatic rings. The van der Waals surface area contributed by atoms with E-state index in [-0.39, 0.29) is 74.8 Å². The zero-order valence-corrected chi connectivity index (χ0v) is 33.8. The number of hydrogen-bond acceptors (Lipinski definition) is 16. The Balaban J connectivity index is 1.17. The van der Waals surface area contributed by atoms with Crippen molar-refractivity contribution in [3.8, 4) is 17.2 Å². The van der Waals surface area contributed by atoms with Gasteiger partial charge in [-0.05, 0) is 94.6 Å². The number of carbonyl (C=O) groups excluding carboxylic acids is 1. The number of aliphatic hydroxyl groups is 4. The number of hydrogen-bond donors (Lipinski definition) is 9. The Hall–Kier alpha value is -2.42. The van der Waals surface area contributed by atoms with Crippen LogP contribution in [0.4, 0.5) is 0 Å². The van der Waals surface area contributed by atoms with Crippen molar-refractivity contribution in [3.05, 3.63) is 28.8 Å². The van der Waals surface area contributed by atoms with Gasteiger partial charge in [-0.1, -0.05) is 28.0 Å². The molecular weight excluding hydrogens is 781 g/mol. The number of ketones is 1. The van der Waals surface area contributed by atoms with Crippen molar-refractivity contribution >= 4 is 44.1 Å². The standard InChI is InChI=1S/C40H54N2O13S2/c1-20-28(21(2)45)31(47)29-24(30(20)46)11-22(35(50)51)12-25(29)54-36-32(48)34(49)40(27(14-44)55-36)9-8-39-16-37(6-3-5-26(37)41-42-39)13-23-15-52-17-38(33(23)39,7-4-10-43)18-56-57-19-53-40/h11-12,23,26-27,32-34,36,41-44,46-49H,3-10,13-19H2,1-2H3,(H,50,51)/t23-,26-,27+,32+,33-,34+,36+,37-,38+,39-,40+/m0/s1. The van der Waals surface area contributed by atoms with Crippen LogP contribution in [0.1, 0.15) is 91.0 Å². The van der Waals surface area contributed by atoms with Crippen LogP contribution >= 0.6 is 21.6 Å². The maximum Gasteiger partial charge on any atom is 0.335 e. The van der Waals surface area contributed by atoms with Gasteiger partial charge in [0.15, 0.2) is 5.78 Å². The van der Waals surface area contributed by atoms with Gasteiger partial charge < -0.3 is 54.7 Å². The van der Waals surface area contributed by atoms with Crippen LogP contribution in [0.3, 0.4) is 0 Å². The fourth-order valence-electron chi connectivity index (χ4n) is 12.0. The molecule has 2 bridgehead atoms. The number of aromatic hydroxyl groups is 2. The van der Waals surface area contributed by atoms with Gasteiger partial charge in [0.1, 0.15) is 47.1 Å². The SMILES string of the molecule is CC(=O)c1c(C)c(O)c2cc(C(=O)O)cc(O[C@@H]3O[C@H](CO)[C@]4(CC[C@@]56C[C@]7(CCC[C@@H]7NN5)C[C@H]5COC[C@](CCCO)(CSSCO4)[C@H]56)[C@H](O)[C@H]3O)c2c1O. The highest BCUT2D eigenvalue weighted by Crippen LogP contribution is 2.65. The molecule has 0 unspecified atom stereocenters. The van der Waals surface area contributed by atoms with Gasteiger partial charge >= 0.3 is 5.97 Å². The molecule has 17 heteroatoms. The third-order valence-electron chi connectivity index (χ3n) is 14.3. The van der Waals surface area contributed by atoms with Gasteiger partial charge in [-0.15, -0.1) is 0 Å². The summed E-state index contributed by atoms with van der Waals surface area (Å²) in [6.45, 7) is 3.27. The zero-order chi connectivity index (χ0) is 40.5. The summed E-state index contributed by atoms with van der Waals surface area (Å²) in [5, 5.41) is 77.3. The van der Waals surface area contributed by atoms with Gasteiger partial charge in [0, 0.05) is 46.9 Å². The van der Waals surface area contributed by atoms with Crippen LogP contribution in [-0.2, 0) is 14.2 Å². The second-order valence-corrected chi connectivity index (χ2v) is 19.7. The predicted octanol–water partition coefficient (Wildman–Crippen LogP) is 3.37. The molecule has 4 heterocycles. The van der Waals surface area contributed by atoms with E-state index in [9.17, 15) is 45.3 Å². The van der Waals surface area contributed by atoms with E-state index >= 15 is 0 Å². The first-order valence-corrected chi connectivity index (χ1v) is 22.4. The van der Waals surface area contributed by atoms with Crippen LogP contribution in [0, 0.1) is 29.6 Å². The molecule has 3 spiro atoms. The zero-order valence-electron chi connectivity index (χ0n) is 32.2. The summed E-state index contributed by atoms with van der Waals surface area (Å²) in [7, 11) is 3.10. The maximum atomic E-state index is 12.6. The van der Waals surface area contributed by atoms with Gasteiger partial charge in [-0.2, -0.15) is 0 Å². The van der Waals surface area contributed by atoms with Gasteiger partial charge in [0.25, 0.3) is 0 Å². The molecule has 15 nitrogen and oxygen atoms in total. The number of ether oxygens (including phenoxy) is 4. The molecule has 0 amide bonds. The van der Waals surface area contributed by atoms with E-state index in [1.165, 1.54) is 24.6 Å². The van der Waals surface area contributed by atoms with Gasteiger partial charge in [-0.3, -0.25) is 15.6 Å². The van der Waals surface area contributed by atoms with E-state index in [0.29, 0.717) is 32.1 Å². The summed E-state index contributed by atoms with van der Waals surface area (Å²) in [5.74, 6) is -2.03. The maximum absolute atomic E-state index is 12.6. The molecule has 4 aliphatic heterocycles. The van der Waals surface area contributed by atoms with Crippen molar-refractivity contribution in [2.24, 2.45) is 22.7 Å². The van der Waals surface area contributed by atoms with E-state index in [1.807, 2.05) is 0 Å². The minimum absolute atomic E-state index is 0.0415. The van der Waals surface area contributed by atoms with Crippen LogP contribution in [0.15, 0.2) is 12.1 Å². The number of aromatic carboxylic acids is 1. The van der Waals surface area contributed by atoms with E-state index in [2.05, 4.69) is 10.9 Å². The third kappa shape index (κ3) is 6.63. The average molecular weight is 835 g/mol. The molecule has 2 aromatic carbocycles. The lowest BCUT2D eigenvalue weighted by molar-refractivity contribution is -0.323. The molecule has 0 aromatic heterocycles. The topological polar surface area (TPSA) is 237 Å². The molecule has 11 atom stereocenters. The molecule has 314 valence electrons. The van der Waals surface area contributed by atoms with Crippen LogP contribution in [-0.4, -0.2) is 127 Å². The number of phenolic OH excluding ortho intramolecular Hbond substituents is 2. The van der Waals surface area contributed by atoms with Crippen molar-refractivity contribution in [2.75, 3.05) is 38.1 Å². The normalized spacial score (nSPS) is 39.2. The lowest BCUT2D eigenvalue weighted by Crippen LogP contribution is -2.77. The number of carbonyl (C=O) groups is 2. The quantitative estimate of drug-likeness (QED) is 0.105. The van der Waals surface area contributed by atoms with Gasteiger partial charge in [0.2, 0.25) is 6.29 Å². The number of nitrogens with one attached hydrogen (secondary N) is 2. The number of rotatable bonds is 8. The molecule has 2 aliphatic carbocycles. The lowest BCUT2D eigenvalue weighted by atomic mass is 9.46. The van der Waals surface area contributed by atoms with Crippen molar-refractivity contribution in [2.45, 2.75) is 113 Å². The molecule has 4 saturated heterocycles. The third-order valence-corrected chi connectivity index (χ3v) is 16.5. The minimum Gasteiger partial charge on any atom is -0.507 e. The number of Topliss-reactive ketones (excluding diaryl/α,β-unsaturated/α-hetero) is 1. The van der Waals surface area contributed by atoms with Crippen LogP contribution in [0.5, 0.6) is 17.2 Å². The minimum atomic E-state index is -1.81. The number of phenols is 2. The van der Waals surface area contributed by atoms with Crippen LogP contribution in [0.2, 0.25) is 0 Å². The first-order valence-electron chi connectivity index (χ1n) is 19.9. The summed E-state index contributed by atoms with van der Waals surface area (Å²) >= 11 is 0. The second-order valence-electron chi connectivity index (χ2n) is 17.3. The number of benzene rings is 2. The monoisotopic (exact) mass is 834 g/mol. The average Bonchev–Trinajstić information content (AvgIpc) is 3.57. The Morgan fingerprint density at radius 2 is 1.89 bits per heavy atom. The van der Waals surface area contributed by atoms with Crippen LogP contribution in [0.25, 0.3) is 10.8 Å². The molecule has 6 aliphatic rings. The predicted molar refractivity (Wildman–Crippen MR) is 210 cm³/mol. The molecule has 0 radical (unpaired) electrons. The smallest absolute Gasteiger partial charge is 0.335 e. The highest BCUT2D eigenvalue weighted by Gasteiger charge is 2.67. The Morgan fingerprint density at radius 3 is 2.63 bits per heavy atom. The van der Waals surface area contributed by atoms with Crippen molar-refractivity contribution in [3.63, 3.8) is 0 Å². The van der Waals surface area contributed by atoms with Crippen molar-refractivity contribution in [1.82, 2.24) is 10.9 Å². The largest absolute Gasteiger partial charge is 0.507 e. The molecule has 8 rings (SSSR count). The summed E-state index contributed by atoms with van der Waals surface area (Å²) < 4.78 is 25.5. The van der Waals surface area contributed by atoms with Crippen molar-refractivity contribution < 1.29 is 64.3 Å². The first kappa shape index (κ1) is 41.3. The summed E-state index contributed by atoms with van der Waals surface area (Å²) in [6, 6.07) is 2.52. The Labute approximate surface area is 338 Å². The number of aliphatic hydroxyl groups excluding tert-OH is 4. The van der Waals surface area contributed by atoms with E-state index in [0.717, 1.165) is 56.4 Å². The second kappa shape index (κ2) is 15.6. The summed E-state index contributed by atoms with van der Waals surface area (Å²) in [4.78, 5) is 24.8. The fraction of sp³-hybridized carbons (Fsp3) is 0.700. The number of carboxylic acid groups (broad SMARTS) is 1. The van der Waals surface area contributed by atoms with Crippen LogP contribution < -0.4 is 15.6 Å². The number of carboxylic acids is 1. The molecular formula is C40H54N2O13S2. The Kier molecular flexibility index (Phi) is 11.3. The van der Waals surface area contributed by atoms with Crippen molar-refractivity contribution in [1.29, 1.82) is 0 Å². The highest BCUT2D eigenvalue weighted by atomic mass is 33.1. The lowest BCUT2D eigenvalue weighted by Gasteiger charge is -2.67. The first-order chi connectivity index (χ1) is 27.3. The van der Waals surface area contributed by atoms with E-state index < -0.39 is 65.6 Å². The summed E-state index contributed by atoms with van der Waals surface area (Å²) in [6.07, 6.45) is 0.872. The summed E-state index contributed by atoms with van der Waals surface area (Å²) in [5.41, 5.74) is 4.79. The molecule has 57 heavy (non-hydrogen) atoms. The molecule has 9 N–H and O–H groups in total. The fourth-order valence-corrected chi connectivity index (χ4v) is 14.4. The van der Waals surface area contributed by atoms with Gasteiger partial charge in [0.05, 0.1) is 29.7 Å².